The first kappa shape index (κ1) is 21.8. The van der Waals surface area contributed by atoms with E-state index in [0.29, 0.717) is 17.9 Å². The highest BCUT2D eigenvalue weighted by atomic mass is 32.1. The molecule has 0 saturated carbocycles. The van der Waals surface area contributed by atoms with Gasteiger partial charge >= 0.3 is 0 Å². The van der Waals surface area contributed by atoms with Gasteiger partial charge in [0.05, 0.1) is 18.3 Å². The van der Waals surface area contributed by atoms with Crippen molar-refractivity contribution in [3.05, 3.63) is 59.1 Å². The van der Waals surface area contributed by atoms with Gasteiger partial charge in [-0.1, -0.05) is 18.2 Å². The fourth-order valence-corrected chi connectivity index (χ4v) is 4.36. The second kappa shape index (κ2) is 9.40. The maximum absolute atomic E-state index is 12.8. The lowest BCUT2D eigenvalue weighted by Crippen LogP contribution is -2.25. The van der Waals surface area contributed by atoms with Crippen LogP contribution in [0.1, 0.15) is 22.5 Å². The Morgan fingerprint density at radius 1 is 1.22 bits per heavy atom. The van der Waals surface area contributed by atoms with Crippen LogP contribution in [0.15, 0.2) is 47.8 Å². The number of hydrogen-bond acceptors (Lipinski definition) is 6. The first-order valence-electron chi connectivity index (χ1n) is 10.5. The van der Waals surface area contributed by atoms with Gasteiger partial charge in [0, 0.05) is 54.8 Å². The van der Waals surface area contributed by atoms with Gasteiger partial charge in [-0.15, -0.1) is 11.3 Å². The van der Waals surface area contributed by atoms with Gasteiger partial charge in [0.15, 0.2) is 5.13 Å². The summed E-state index contributed by atoms with van der Waals surface area (Å²) in [5.74, 6) is 0.581. The van der Waals surface area contributed by atoms with Gasteiger partial charge in [-0.2, -0.15) is 5.10 Å². The predicted molar refractivity (Wildman–Crippen MR) is 130 cm³/mol. The zero-order valence-electron chi connectivity index (χ0n) is 18.8. The second-order valence-electron chi connectivity index (χ2n) is 7.76. The largest absolute Gasteiger partial charge is 0.496 e. The molecule has 0 atom stereocenters. The molecule has 166 valence electrons. The van der Waals surface area contributed by atoms with E-state index in [1.807, 2.05) is 59.4 Å². The third-order valence-corrected chi connectivity index (χ3v) is 6.36. The van der Waals surface area contributed by atoms with Crippen molar-refractivity contribution < 1.29 is 9.53 Å². The molecule has 2 aromatic carbocycles. The van der Waals surface area contributed by atoms with Crippen molar-refractivity contribution in [1.29, 1.82) is 0 Å². The Hall–Kier alpha value is -3.39. The van der Waals surface area contributed by atoms with Crippen LogP contribution in [0, 0.1) is 6.92 Å². The molecule has 0 saturated heterocycles. The summed E-state index contributed by atoms with van der Waals surface area (Å²) in [4.78, 5) is 19.4. The van der Waals surface area contributed by atoms with E-state index in [4.69, 9.17) is 4.74 Å². The molecule has 1 N–H and O–H groups in total. The highest BCUT2D eigenvalue weighted by molar-refractivity contribution is 7.14. The first-order valence-corrected chi connectivity index (χ1v) is 11.4. The smallest absolute Gasteiger partial charge is 0.251 e. The van der Waals surface area contributed by atoms with Crippen molar-refractivity contribution >= 4 is 33.3 Å². The Bertz CT molecular complexity index is 1240. The summed E-state index contributed by atoms with van der Waals surface area (Å²) in [6.07, 6.45) is 0.794. The van der Waals surface area contributed by atoms with Gasteiger partial charge < -0.3 is 15.0 Å². The lowest BCUT2D eigenvalue weighted by atomic mass is 10.1. The summed E-state index contributed by atoms with van der Waals surface area (Å²) in [5.41, 5.74) is 4.34. The highest BCUT2D eigenvalue weighted by Gasteiger charge is 2.15. The van der Waals surface area contributed by atoms with Crippen LogP contribution in [-0.4, -0.2) is 48.4 Å². The van der Waals surface area contributed by atoms with Gasteiger partial charge in [-0.05, 0) is 37.6 Å². The van der Waals surface area contributed by atoms with Gasteiger partial charge in [0.1, 0.15) is 5.75 Å². The number of thiazole rings is 1. The number of hydrogen-bond donors (Lipinski definition) is 1. The lowest BCUT2D eigenvalue weighted by Gasteiger charge is -2.11. The van der Waals surface area contributed by atoms with Crippen LogP contribution in [0.3, 0.4) is 0 Å². The Kier molecular flexibility index (Phi) is 6.41. The minimum absolute atomic E-state index is 0.112. The molecule has 0 bridgehead atoms. The van der Waals surface area contributed by atoms with E-state index in [9.17, 15) is 4.79 Å². The lowest BCUT2D eigenvalue weighted by molar-refractivity contribution is 0.0952. The maximum atomic E-state index is 12.8. The molecule has 7 nitrogen and oxygen atoms in total. The zero-order valence-corrected chi connectivity index (χ0v) is 19.6. The molecule has 0 aliphatic heterocycles. The monoisotopic (exact) mass is 449 g/mol. The number of nitrogens with one attached hydrogen (secondary N) is 1. The van der Waals surface area contributed by atoms with E-state index in [1.54, 1.807) is 24.5 Å². The third-order valence-electron chi connectivity index (χ3n) is 5.35. The molecule has 0 fully saturated rings. The maximum Gasteiger partial charge on any atom is 0.251 e. The molecule has 2 aromatic heterocycles. The number of aryl methyl sites for hydroxylation is 2. The number of carbonyl (C=O) groups is 1. The number of benzene rings is 2. The first-order chi connectivity index (χ1) is 15.5. The zero-order chi connectivity index (χ0) is 22.7. The number of anilines is 1. The Balaban J connectivity index is 1.41. The molecule has 0 spiro atoms. The normalized spacial score (nSPS) is 11.0. The van der Waals surface area contributed by atoms with Crippen LogP contribution in [0.25, 0.3) is 22.2 Å². The van der Waals surface area contributed by atoms with Crippen molar-refractivity contribution in [3.8, 4) is 17.0 Å². The fraction of sp³-hybridized carbons (Fsp3) is 0.292. The Morgan fingerprint density at radius 2 is 2.03 bits per heavy atom. The second-order valence-corrected chi connectivity index (χ2v) is 8.60. The van der Waals surface area contributed by atoms with Gasteiger partial charge in [0.25, 0.3) is 5.91 Å². The standard InChI is InChI=1S/C24H27N5O2S/c1-16-18-8-5-6-9-20(18)27-29(16)13-7-12-25-23(30)17-10-11-22(31-4)19(14-17)21-15-32-24(26-21)28(2)3/h5-6,8-11,14-15H,7,12-13H2,1-4H3,(H,25,30). The number of methoxy groups -OCH3 is 1. The SMILES string of the molecule is COc1ccc(C(=O)NCCCn2nc3ccccc3c2C)cc1-c1csc(N(C)C)n1. The number of aromatic nitrogens is 3. The Morgan fingerprint density at radius 3 is 2.75 bits per heavy atom. The number of ether oxygens (including phenoxy) is 1. The summed E-state index contributed by atoms with van der Waals surface area (Å²) >= 11 is 1.55. The van der Waals surface area contributed by atoms with Crippen molar-refractivity contribution in [2.75, 3.05) is 32.6 Å². The van der Waals surface area contributed by atoms with Crippen LogP contribution in [0.4, 0.5) is 5.13 Å². The van der Waals surface area contributed by atoms with E-state index < -0.39 is 0 Å². The number of rotatable bonds is 8. The average molecular weight is 450 g/mol. The number of amides is 1. The highest BCUT2D eigenvalue weighted by Crippen LogP contribution is 2.33. The molecule has 8 heteroatoms. The van der Waals surface area contributed by atoms with Crippen LogP contribution < -0.4 is 15.0 Å². The minimum Gasteiger partial charge on any atom is -0.496 e. The molecule has 32 heavy (non-hydrogen) atoms. The summed E-state index contributed by atoms with van der Waals surface area (Å²) in [5, 5.41) is 11.7. The van der Waals surface area contributed by atoms with E-state index in [2.05, 4.69) is 28.4 Å². The summed E-state index contributed by atoms with van der Waals surface area (Å²) in [6, 6.07) is 13.6. The molecular formula is C24H27N5O2S. The van der Waals surface area contributed by atoms with Gasteiger partial charge in [-0.25, -0.2) is 4.98 Å². The van der Waals surface area contributed by atoms with Crippen molar-refractivity contribution in [2.24, 2.45) is 0 Å². The summed E-state index contributed by atoms with van der Waals surface area (Å²) in [6.45, 7) is 3.39. The quantitative estimate of drug-likeness (QED) is 0.405. The number of carbonyl (C=O) groups excluding carboxylic acids is 1. The summed E-state index contributed by atoms with van der Waals surface area (Å²) < 4.78 is 7.50. The third kappa shape index (κ3) is 4.45. The molecule has 0 radical (unpaired) electrons. The topological polar surface area (TPSA) is 72.3 Å². The average Bonchev–Trinajstić information content (AvgIpc) is 3.42. The fourth-order valence-electron chi connectivity index (χ4n) is 3.60. The number of nitrogens with zero attached hydrogens (tertiary/aromatic N) is 4. The van der Waals surface area contributed by atoms with Crippen LogP contribution in [-0.2, 0) is 6.54 Å². The van der Waals surface area contributed by atoms with E-state index in [0.717, 1.165) is 40.6 Å². The van der Waals surface area contributed by atoms with Crippen LogP contribution >= 0.6 is 11.3 Å². The molecule has 0 unspecified atom stereocenters. The van der Waals surface area contributed by atoms with Crippen LogP contribution in [0.5, 0.6) is 5.75 Å². The molecular weight excluding hydrogens is 422 g/mol. The molecule has 0 aliphatic carbocycles. The molecule has 1 amide bonds. The van der Waals surface area contributed by atoms with Crippen molar-refractivity contribution in [2.45, 2.75) is 19.9 Å². The number of fused-ring (bicyclic) bond motifs is 1. The van der Waals surface area contributed by atoms with E-state index in [-0.39, 0.29) is 5.91 Å². The van der Waals surface area contributed by atoms with Gasteiger partial charge in [0.2, 0.25) is 0 Å². The van der Waals surface area contributed by atoms with E-state index in [1.165, 1.54) is 5.39 Å². The van der Waals surface area contributed by atoms with Gasteiger partial charge in [-0.3, -0.25) is 9.48 Å². The molecule has 4 aromatic rings. The van der Waals surface area contributed by atoms with Crippen LogP contribution in [0.2, 0.25) is 0 Å². The minimum atomic E-state index is -0.112. The summed E-state index contributed by atoms with van der Waals surface area (Å²) in [7, 11) is 5.53. The molecule has 4 rings (SSSR count). The van der Waals surface area contributed by atoms with Crippen molar-refractivity contribution in [1.82, 2.24) is 20.1 Å². The molecule has 2 heterocycles. The predicted octanol–water partition coefficient (Wildman–Crippen LogP) is 4.36. The Labute approximate surface area is 191 Å². The molecule has 0 aliphatic rings. The van der Waals surface area contributed by atoms with Crippen molar-refractivity contribution in [3.63, 3.8) is 0 Å². The van der Waals surface area contributed by atoms with E-state index >= 15 is 0 Å².